The quantitative estimate of drug-likeness (QED) is 0.731. The highest BCUT2D eigenvalue weighted by Crippen LogP contribution is 2.33. The van der Waals surface area contributed by atoms with Crippen molar-refractivity contribution >= 4 is 0 Å². The first-order chi connectivity index (χ1) is 7.74. The predicted octanol–water partition coefficient (Wildman–Crippen LogP) is 3.98. The Balaban J connectivity index is 2.67. The summed E-state index contributed by atoms with van der Waals surface area (Å²) < 4.78 is 5.41. The Bertz CT molecular complexity index is 480. The zero-order chi connectivity index (χ0) is 11.5. The first-order valence-corrected chi connectivity index (χ1v) is 5.43. The number of methoxy groups -OCH3 is 1. The van der Waals surface area contributed by atoms with Crippen LogP contribution >= 0.6 is 0 Å². The van der Waals surface area contributed by atoms with Crippen LogP contribution in [0.5, 0.6) is 5.75 Å². The van der Waals surface area contributed by atoms with E-state index in [1.54, 1.807) is 7.11 Å². The van der Waals surface area contributed by atoms with Crippen molar-refractivity contribution in [1.29, 1.82) is 0 Å². The Kier molecular flexibility index (Phi) is 2.95. The van der Waals surface area contributed by atoms with E-state index in [2.05, 4.69) is 38.1 Å². The number of ether oxygens (including phenoxy) is 1. The van der Waals surface area contributed by atoms with Crippen molar-refractivity contribution in [3.63, 3.8) is 0 Å². The van der Waals surface area contributed by atoms with Gasteiger partial charge in [0.05, 0.1) is 7.11 Å². The van der Waals surface area contributed by atoms with Crippen molar-refractivity contribution in [2.24, 2.45) is 0 Å². The molecule has 16 heavy (non-hydrogen) atoms. The minimum atomic E-state index is 0.930. The second-order valence-electron chi connectivity index (χ2n) is 3.97. The molecule has 0 bridgehead atoms. The zero-order valence-corrected chi connectivity index (χ0v) is 9.95. The second kappa shape index (κ2) is 4.40. The summed E-state index contributed by atoms with van der Waals surface area (Å²) in [4.78, 5) is 0. The van der Waals surface area contributed by atoms with E-state index >= 15 is 0 Å². The summed E-state index contributed by atoms with van der Waals surface area (Å²) in [6.07, 6.45) is 0. The maximum Gasteiger partial charge on any atom is 0.126 e. The van der Waals surface area contributed by atoms with Gasteiger partial charge in [-0.1, -0.05) is 36.4 Å². The highest BCUT2D eigenvalue weighted by molar-refractivity contribution is 5.75. The minimum Gasteiger partial charge on any atom is -0.496 e. The molecule has 0 aliphatic rings. The smallest absolute Gasteiger partial charge is 0.126 e. The SMILES string of the molecule is COc1ccccc1-c1c(C)cccc1C. The van der Waals surface area contributed by atoms with Gasteiger partial charge in [-0.05, 0) is 36.6 Å². The molecule has 0 saturated heterocycles. The van der Waals surface area contributed by atoms with E-state index in [4.69, 9.17) is 4.74 Å². The van der Waals surface area contributed by atoms with Gasteiger partial charge in [-0.25, -0.2) is 0 Å². The maximum absolute atomic E-state index is 5.41. The highest BCUT2D eigenvalue weighted by Gasteiger charge is 2.09. The van der Waals surface area contributed by atoms with E-state index in [0.717, 1.165) is 5.75 Å². The molecular formula is C15H16O. The van der Waals surface area contributed by atoms with E-state index in [9.17, 15) is 0 Å². The molecule has 1 heteroatoms. The Morgan fingerprint density at radius 2 is 1.44 bits per heavy atom. The second-order valence-corrected chi connectivity index (χ2v) is 3.97. The molecule has 0 fully saturated rings. The van der Waals surface area contributed by atoms with Crippen LogP contribution in [0.4, 0.5) is 0 Å². The molecule has 0 aliphatic carbocycles. The molecular weight excluding hydrogens is 196 g/mol. The number of hydrogen-bond donors (Lipinski definition) is 0. The first-order valence-electron chi connectivity index (χ1n) is 5.43. The number of benzene rings is 2. The Morgan fingerprint density at radius 1 is 0.812 bits per heavy atom. The minimum absolute atomic E-state index is 0.930. The largest absolute Gasteiger partial charge is 0.496 e. The van der Waals surface area contributed by atoms with Gasteiger partial charge in [-0.2, -0.15) is 0 Å². The summed E-state index contributed by atoms with van der Waals surface area (Å²) in [7, 11) is 1.71. The van der Waals surface area contributed by atoms with E-state index in [-0.39, 0.29) is 0 Å². The fourth-order valence-corrected chi connectivity index (χ4v) is 2.09. The summed E-state index contributed by atoms with van der Waals surface area (Å²) in [5, 5.41) is 0. The fourth-order valence-electron chi connectivity index (χ4n) is 2.09. The zero-order valence-electron chi connectivity index (χ0n) is 9.95. The maximum atomic E-state index is 5.41. The van der Waals surface area contributed by atoms with Crippen LogP contribution < -0.4 is 4.74 Å². The summed E-state index contributed by atoms with van der Waals surface area (Å²) in [6, 6.07) is 14.5. The van der Waals surface area contributed by atoms with Crippen LogP contribution in [0, 0.1) is 13.8 Å². The molecule has 82 valence electrons. The van der Waals surface area contributed by atoms with Gasteiger partial charge < -0.3 is 4.74 Å². The third-order valence-corrected chi connectivity index (χ3v) is 2.86. The van der Waals surface area contributed by atoms with Crippen LogP contribution in [0.25, 0.3) is 11.1 Å². The van der Waals surface area contributed by atoms with Crippen LogP contribution in [-0.4, -0.2) is 7.11 Å². The molecule has 2 aromatic carbocycles. The van der Waals surface area contributed by atoms with Gasteiger partial charge >= 0.3 is 0 Å². The molecule has 0 amide bonds. The van der Waals surface area contributed by atoms with Crippen molar-refractivity contribution in [3.05, 3.63) is 53.6 Å². The number of para-hydroxylation sites is 1. The van der Waals surface area contributed by atoms with Gasteiger partial charge in [0.1, 0.15) is 5.75 Å². The number of hydrogen-bond acceptors (Lipinski definition) is 1. The van der Waals surface area contributed by atoms with Crippen LogP contribution in [0.3, 0.4) is 0 Å². The van der Waals surface area contributed by atoms with Crippen molar-refractivity contribution < 1.29 is 4.74 Å². The van der Waals surface area contributed by atoms with Gasteiger partial charge in [0.15, 0.2) is 0 Å². The van der Waals surface area contributed by atoms with Crippen molar-refractivity contribution in [3.8, 4) is 16.9 Å². The lowest BCUT2D eigenvalue weighted by Gasteiger charge is -2.13. The fraction of sp³-hybridized carbons (Fsp3) is 0.200. The summed E-state index contributed by atoms with van der Waals surface area (Å²) in [5.74, 6) is 0.930. The van der Waals surface area contributed by atoms with Gasteiger partial charge in [0, 0.05) is 5.56 Å². The van der Waals surface area contributed by atoms with Crippen LogP contribution in [0.1, 0.15) is 11.1 Å². The average Bonchev–Trinajstić information content (AvgIpc) is 2.29. The molecule has 0 N–H and O–H groups in total. The molecule has 0 spiro atoms. The standard InChI is InChI=1S/C15H16O/c1-11-7-6-8-12(2)15(11)13-9-4-5-10-14(13)16-3/h4-10H,1-3H3. The predicted molar refractivity (Wildman–Crippen MR) is 67.9 cm³/mol. The molecule has 0 unspecified atom stereocenters. The van der Waals surface area contributed by atoms with Crippen LogP contribution in [0.2, 0.25) is 0 Å². The van der Waals surface area contributed by atoms with Gasteiger partial charge in [0.25, 0.3) is 0 Å². The van der Waals surface area contributed by atoms with E-state index in [1.165, 1.54) is 22.3 Å². The molecule has 0 aromatic heterocycles. The lowest BCUT2D eigenvalue weighted by atomic mass is 9.95. The Hall–Kier alpha value is -1.76. The normalized spacial score (nSPS) is 10.2. The third-order valence-electron chi connectivity index (χ3n) is 2.86. The Labute approximate surface area is 96.7 Å². The average molecular weight is 212 g/mol. The molecule has 0 atom stereocenters. The van der Waals surface area contributed by atoms with Crippen LogP contribution in [-0.2, 0) is 0 Å². The molecule has 0 saturated carbocycles. The van der Waals surface area contributed by atoms with Crippen LogP contribution in [0.15, 0.2) is 42.5 Å². The van der Waals surface area contributed by atoms with Gasteiger partial charge in [-0.15, -0.1) is 0 Å². The summed E-state index contributed by atoms with van der Waals surface area (Å²) in [6.45, 7) is 4.27. The topological polar surface area (TPSA) is 9.23 Å². The summed E-state index contributed by atoms with van der Waals surface area (Å²) >= 11 is 0. The van der Waals surface area contributed by atoms with Gasteiger partial charge in [-0.3, -0.25) is 0 Å². The molecule has 0 aliphatic heterocycles. The molecule has 0 radical (unpaired) electrons. The van der Waals surface area contributed by atoms with E-state index in [0.29, 0.717) is 0 Å². The molecule has 0 heterocycles. The molecule has 1 nitrogen and oxygen atoms in total. The lowest BCUT2D eigenvalue weighted by Crippen LogP contribution is -1.91. The lowest BCUT2D eigenvalue weighted by molar-refractivity contribution is 0.416. The third kappa shape index (κ3) is 1.81. The number of aryl methyl sites for hydroxylation is 2. The monoisotopic (exact) mass is 212 g/mol. The van der Waals surface area contributed by atoms with Crippen molar-refractivity contribution in [2.45, 2.75) is 13.8 Å². The molecule has 2 aromatic rings. The molecule has 2 rings (SSSR count). The summed E-state index contributed by atoms with van der Waals surface area (Å²) in [5.41, 5.74) is 5.01. The van der Waals surface area contributed by atoms with Gasteiger partial charge in [0.2, 0.25) is 0 Å². The van der Waals surface area contributed by atoms with Crippen molar-refractivity contribution in [2.75, 3.05) is 7.11 Å². The number of rotatable bonds is 2. The Morgan fingerprint density at radius 3 is 2.06 bits per heavy atom. The van der Waals surface area contributed by atoms with E-state index < -0.39 is 0 Å². The highest BCUT2D eigenvalue weighted by atomic mass is 16.5. The van der Waals surface area contributed by atoms with E-state index in [1.807, 2.05) is 18.2 Å². The van der Waals surface area contributed by atoms with Crippen molar-refractivity contribution in [1.82, 2.24) is 0 Å². The first kappa shape index (κ1) is 10.7.